The maximum absolute atomic E-state index is 14.6. The maximum atomic E-state index is 14.6. The highest BCUT2D eigenvalue weighted by Gasteiger charge is 2.67. The minimum atomic E-state index is -1.26. The Morgan fingerprint density at radius 1 is 1.22 bits per heavy atom. The van der Waals surface area contributed by atoms with Crippen LogP contribution in [0.5, 0.6) is 0 Å². The topological polar surface area (TPSA) is 174 Å². The van der Waals surface area contributed by atoms with Crippen LogP contribution in [0.15, 0.2) is 76.9 Å². The summed E-state index contributed by atoms with van der Waals surface area (Å²) in [4.78, 5) is 27.8. The van der Waals surface area contributed by atoms with Gasteiger partial charge in [-0.15, -0.1) is 0 Å². The van der Waals surface area contributed by atoms with Gasteiger partial charge in [-0.1, -0.05) is 84.1 Å². The van der Waals surface area contributed by atoms with Gasteiger partial charge in [-0.25, -0.2) is 0 Å². The monoisotopic (exact) mass is 809 g/mol. The van der Waals surface area contributed by atoms with Crippen LogP contribution in [0.25, 0.3) is 0 Å². The van der Waals surface area contributed by atoms with Crippen molar-refractivity contribution in [3.63, 3.8) is 0 Å². The third-order valence-corrected chi connectivity index (χ3v) is 14.1. The third-order valence-electron chi connectivity index (χ3n) is 14.1. The van der Waals surface area contributed by atoms with Gasteiger partial charge in [-0.2, -0.15) is 0 Å². The van der Waals surface area contributed by atoms with Crippen LogP contribution in [-0.2, 0) is 20.7 Å². The Labute approximate surface area is 351 Å². The summed E-state index contributed by atoms with van der Waals surface area (Å²) in [5.74, 6) is 5.47. The highest BCUT2D eigenvalue weighted by Crippen LogP contribution is 2.66. The Balaban J connectivity index is 1.38. The average Bonchev–Trinajstić information content (AvgIpc) is 3.36. The quantitative estimate of drug-likeness (QED) is 0.0915. The van der Waals surface area contributed by atoms with Gasteiger partial charge in [0.15, 0.2) is 5.78 Å². The molecule has 0 radical (unpaired) electrons. The van der Waals surface area contributed by atoms with Crippen molar-refractivity contribution < 1.29 is 34.8 Å². The van der Waals surface area contributed by atoms with E-state index in [1.165, 1.54) is 5.57 Å². The lowest BCUT2D eigenvalue weighted by molar-refractivity contribution is -0.168. The Hall–Kier alpha value is -3.66. The van der Waals surface area contributed by atoms with Crippen LogP contribution in [-0.4, -0.2) is 75.8 Å². The number of aliphatic hydroxyl groups is 4. The summed E-state index contributed by atoms with van der Waals surface area (Å²) in [6.45, 7) is 12.2. The summed E-state index contributed by atoms with van der Waals surface area (Å²) >= 11 is 0. The highest BCUT2D eigenvalue weighted by atomic mass is 16.5. The molecule has 1 spiro atoms. The first-order valence-electron chi connectivity index (χ1n) is 21.8. The van der Waals surface area contributed by atoms with E-state index >= 15 is 0 Å². The van der Waals surface area contributed by atoms with E-state index in [0.29, 0.717) is 60.8 Å². The molecular weight excluding hydrogens is 743 g/mol. The van der Waals surface area contributed by atoms with Crippen molar-refractivity contribution in [1.82, 2.24) is 10.6 Å². The maximum Gasteiger partial charge on any atom is 0.243 e. The van der Waals surface area contributed by atoms with Gasteiger partial charge < -0.3 is 36.2 Å². The first kappa shape index (κ1) is 44.9. The number of hydrogen-bond acceptors (Lipinski definition) is 9. The lowest BCUT2D eigenvalue weighted by Gasteiger charge is -2.56. The zero-order valence-corrected chi connectivity index (χ0v) is 35.6. The molecule has 10 nitrogen and oxygen atoms in total. The normalized spacial score (nSPS) is 34.0. The van der Waals surface area contributed by atoms with Crippen LogP contribution in [0.2, 0.25) is 0 Å². The van der Waals surface area contributed by atoms with E-state index in [2.05, 4.69) is 48.1 Å². The second-order valence-corrected chi connectivity index (χ2v) is 18.0. The van der Waals surface area contributed by atoms with Crippen LogP contribution in [0, 0.1) is 35.0 Å². The van der Waals surface area contributed by atoms with Crippen molar-refractivity contribution in [3.05, 3.63) is 93.6 Å². The number of ketones is 1. The molecule has 1 aromatic rings. The molecule has 10 unspecified atom stereocenters. The number of fused-ring (bicyclic) bond motifs is 4. The van der Waals surface area contributed by atoms with E-state index in [1.807, 2.05) is 44.2 Å². The number of benzene rings is 1. The number of nitrogens with one attached hydrogen (secondary N) is 2. The van der Waals surface area contributed by atoms with Gasteiger partial charge in [0, 0.05) is 37.3 Å². The van der Waals surface area contributed by atoms with Gasteiger partial charge in [0.1, 0.15) is 18.8 Å². The molecule has 3 aliphatic carbocycles. The second kappa shape index (κ2) is 19.4. The average molecular weight is 810 g/mol. The van der Waals surface area contributed by atoms with Crippen molar-refractivity contribution in [2.45, 2.75) is 141 Å². The molecule has 59 heavy (non-hydrogen) atoms. The molecule has 0 aromatic heterocycles. The number of ether oxygens (including phenoxy) is 1. The van der Waals surface area contributed by atoms with Crippen LogP contribution < -0.4 is 16.4 Å². The molecule has 2 heterocycles. The van der Waals surface area contributed by atoms with Gasteiger partial charge in [0.05, 0.1) is 23.9 Å². The van der Waals surface area contributed by atoms with Crippen LogP contribution in [0.4, 0.5) is 0 Å². The van der Waals surface area contributed by atoms with Gasteiger partial charge in [0.2, 0.25) is 5.91 Å². The van der Waals surface area contributed by atoms with E-state index in [1.54, 1.807) is 6.92 Å². The van der Waals surface area contributed by atoms with Crippen LogP contribution in [0.3, 0.4) is 0 Å². The van der Waals surface area contributed by atoms with Crippen molar-refractivity contribution in [2.24, 2.45) is 28.9 Å². The molecule has 3 fully saturated rings. The number of aliphatic hydroxyl groups excluding tert-OH is 3. The smallest absolute Gasteiger partial charge is 0.243 e. The predicted molar refractivity (Wildman–Crippen MR) is 230 cm³/mol. The Morgan fingerprint density at radius 2 is 2.02 bits per heavy atom. The number of rotatable bonds is 9. The van der Waals surface area contributed by atoms with E-state index in [-0.39, 0.29) is 61.7 Å². The number of carbonyl (C=O) groups excluding carboxylic acids is 2. The number of carbonyl (C=O) groups is 2. The third kappa shape index (κ3) is 9.48. The minimum Gasteiger partial charge on any atom is -0.396 e. The van der Waals surface area contributed by atoms with Crippen molar-refractivity contribution in [2.75, 3.05) is 19.8 Å². The van der Waals surface area contributed by atoms with E-state index in [0.717, 1.165) is 48.8 Å². The summed E-state index contributed by atoms with van der Waals surface area (Å²) < 4.78 is 6.55. The molecule has 3 saturated carbocycles. The molecule has 10 heteroatoms. The fourth-order valence-corrected chi connectivity index (χ4v) is 11.0. The van der Waals surface area contributed by atoms with Gasteiger partial charge in [-0.3, -0.25) is 14.9 Å². The van der Waals surface area contributed by atoms with Crippen molar-refractivity contribution >= 4 is 11.7 Å². The van der Waals surface area contributed by atoms with E-state index < -0.39 is 35.4 Å². The summed E-state index contributed by atoms with van der Waals surface area (Å²) in [5.41, 5.74) is 11.0. The number of allylic oxidation sites excluding steroid dienone is 8. The Kier molecular flexibility index (Phi) is 14.7. The highest BCUT2D eigenvalue weighted by molar-refractivity contribution is 5.98. The number of nitrogens with two attached hydrogens (primary N) is 1. The molecule has 8 N–H and O–H groups in total. The fourth-order valence-electron chi connectivity index (χ4n) is 11.0. The zero-order valence-electron chi connectivity index (χ0n) is 35.6. The first-order valence-corrected chi connectivity index (χ1v) is 21.8. The van der Waals surface area contributed by atoms with Crippen molar-refractivity contribution in [1.29, 1.82) is 0 Å². The Morgan fingerprint density at radius 3 is 2.78 bits per heavy atom. The molecule has 0 bridgehead atoms. The minimum absolute atomic E-state index is 0.0251. The van der Waals surface area contributed by atoms with E-state index in [4.69, 9.17) is 10.5 Å². The number of hydrogen-bond donors (Lipinski definition) is 7. The fraction of sp³-hybridized carbons (Fsp3) is 0.592. The molecule has 5 aliphatic rings. The molecule has 6 rings (SSSR count). The summed E-state index contributed by atoms with van der Waals surface area (Å²) in [5, 5.41) is 51.9. The zero-order chi connectivity index (χ0) is 42.5. The molecule has 10 atom stereocenters. The molecule has 2 aliphatic heterocycles. The van der Waals surface area contributed by atoms with E-state index in [9.17, 15) is 30.0 Å². The number of Topliss-reactive ketones (excluding diaryl/α,β-unsaturated/α-hetero) is 1. The van der Waals surface area contributed by atoms with Crippen molar-refractivity contribution in [3.8, 4) is 11.8 Å². The Bertz CT molecular complexity index is 1930. The number of amides is 1. The lowest BCUT2D eigenvalue weighted by atomic mass is 9.52. The lowest BCUT2D eigenvalue weighted by Crippen LogP contribution is -2.59. The predicted octanol–water partition coefficient (Wildman–Crippen LogP) is 5.87. The molecule has 1 amide bonds. The summed E-state index contributed by atoms with van der Waals surface area (Å²) in [6, 6.07) is 4.76. The van der Waals surface area contributed by atoms with Crippen LogP contribution in [0.1, 0.15) is 127 Å². The van der Waals surface area contributed by atoms with Gasteiger partial charge in [-0.05, 0) is 125 Å². The second-order valence-electron chi connectivity index (χ2n) is 18.0. The molecule has 320 valence electrons. The standard InChI is InChI=1S/C49H67N3O7/c1-30-13-6-7-26-59-41-22-11-18-35-28-49(45(56)43(35)37(41)19-9-16-31(2)15-8-14-30)39(21-12-25-53)36(23-24-48(49,5)58)33(4)40(55)27-34-17-10-20-38-42(34)44(51-29-32(3)54)47(57)52-46(38)50/h9-10,14,16-17,19-20,32,35,39,41,43-46,51,53-54,56,58H,2,8,11-13,15,18,21-29,50H2,1,3-5H3,(H,52,57). The molecule has 1 aromatic carbocycles. The van der Waals surface area contributed by atoms with Crippen LogP contribution >= 0.6 is 0 Å². The molecular formula is C49H67N3O7. The van der Waals surface area contributed by atoms with Gasteiger partial charge in [0.25, 0.3) is 0 Å². The SMILES string of the molecule is C=C1C=CC=C2C(CCCC3CC4(C(CCCO)C(=C(C)C(=O)Cc5cccc6c5C(NCC(C)O)C(=O)NC6N)CCC4(C)O)C(O)C23)OCC#CCC(C)=CCC1. The first-order chi connectivity index (χ1) is 28.2. The summed E-state index contributed by atoms with van der Waals surface area (Å²) in [6.07, 6.45) is 13.2. The van der Waals surface area contributed by atoms with Gasteiger partial charge >= 0.3 is 0 Å². The summed E-state index contributed by atoms with van der Waals surface area (Å²) in [7, 11) is 0. The molecule has 0 saturated heterocycles. The largest absolute Gasteiger partial charge is 0.396 e.